The van der Waals surface area contributed by atoms with Crippen molar-refractivity contribution in [3.63, 3.8) is 0 Å². The van der Waals surface area contributed by atoms with Crippen LogP contribution in [0.3, 0.4) is 0 Å². The van der Waals surface area contributed by atoms with E-state index in [1.54, 1.807) is 24.3 Å². The topological polar surface area (TPSA) is 88.5 Å². The molecule has 1 aliphatic heterocycles. The molecule has 1 fully saturated rings. The minimum atomic E-state index is -3.16. The number of aromatic nitrogens is 1. The highest BCUT2D eigenvalue weighted by molar-refractivity contribution is 7.89. The Kier molecular flexibility index (Phi) is 4.91. The number of nitrogens with one attached hydrogen (secondary N) is 1. The summed E-state index contributed by atoms with van der Waals surface area (Å²) in [7, 11) is -3.16. The standard InChI is InChI=1S/C20H21N3O4S/c24-19(21-10-12-22-11-5-13-28(22,26)27)14-23-17-8-3-1-6-15(17)20(25)16-7-2-4-9-18(16)23/h1-4,6-9H,5,10-14H2,(H,21,24). The first-order valence-corrected chi connectivity index (χ1v) is 10.8. The van der Waals surface area contributed by atoms with Gasteiger partial charge in [-0.15, -0.1) is 0 Å². The van der Waals surface area contributed by atoms with E-state index in [0.717, 1.165) is 0 Å². The summed E-state index contributed by atoms with van der Waals surface area (Å²) in [5.74, 6) is -0.0494. The van der Waals surface area contributed by atoms with Crippen LogP contribution in [0, 0.1) is 0 Å². The van der Waals surface area contributed by atoms with Crippen molar-refractivity contribution in [2.45, 2.75) is 13.0 Å². The van der Waals surface area contributed by atoms with Gasteiger partial charge in [-0.05, 0) is 30.7 Å². The first kappa shape index (κ1) is 18.6. The Bertz CT molecular complexity index is 1160. The SMILES string of the molecule is O=C(Cn1c2ccccc2c(=O)c2ccccc21)NCCN1CCCS1(=O)=O. The third kappa shape index (κ3) is 3.41. The zero-order valence-electron chi connectivity index (χ0n) is 15.3. The number of sulfonamides is 1. The average Bonchev–Trinajstić information content (AvgIpc) is 3.03. The highest BCUT2D eigenvalue weighted by atomic mass is 32.2. The quantitative estimate of drug-likeness (QED) is 0.655. The summed E-state index contributed by atoms with van der Waals surface area (Å²) >= 11 is 0. The van der Waals surface area contributed by atoms with Crippen LogP contribution in [-0.2, 0) is 21.4 Å². The Morgan fingerprint density at radius 3 is 2.18 bits per heavy atom. The van der Waals surface area contributed by atoms with Crippen LogP contribution in [0.4, 0.5) is 0 Å². The second-order valence-corrected chi connectivity index (χ2v) is 8.96. The summed E-state index contributed by atoms with van der Waals surface area (Å²) < 4.78 is 26.9. The van der Waals surface area contributed by atoms with E-state index in [0.29, 0.717) is 34.8 Å². The van der Waals surface area contributed by atoms with Gasteiger partial charge in [0.15, 0.2) is 5.43 Å². The monoisotopic (exact) mass is 399 g/mol. The highest BCUT2D eigenvalue weighted by Crippen LogP contribution is 2.19. The van der Waals surface area contributed by atoms with Crippen LogP contribution in [0.15, 0.2) is 53.3 Å². The number of carbonyl (C=O) groups is 1. The van der Waals surface area contributed by atoms with Crippen molar-refractivity contribution < 1.29 is 13.2 Å². The Morgan fingerprint density at radius 1 is 1.00 bits per heavy atom. The van der Waals surface area contributed by atoms with Gasteiger partial charge in [0.2, 0.25) is 15.9 Å². The van der Waals surface area contributed by atoms with Crippen molar-refractivity contribution in [3.05, 3.63) is 58.8 Å². The number of nitrogens with zero attached hydrogens (tertiary/aromatic N) is 2. The minimum absolute atomic E-state index is 0.0497. The maximum atomic E-state index is 12.7. The van der Waals surface area contributed by atoms with Crippen molar-refractivity contribution in [2.75, 3.05) is 25.4 Å². The van der Waals surface area contributed by atoms with Crippen molar-refractivity contribution in [1.82, 2.24) is 14.2 Å². The Morgan fingerprint density at radius 2 is 1.61 bits per heavy atom. The van der Waals surface area contributed by atoms with Crippen molar-refractivity contribution in [1.29, 1.82) is 0 Å². The summed E-state index contributed by atoms with van der Waals surface area (Å²) in [4.78, 5) is 25.3. The Balaban J connectivity index is 1.58. The summed E-state index contributed by atoms with van der Waals surface area (Å²) in [6.45, 7) is 1.09. The molecule has 146 valence electrons. The number of carbonyl (C=O) groups excluding carboxylic acids is 1. The van der Waals surface area contributed by atoms with Gasteiger partial charge in [0.25, 0.3) is 0 Å². The fourth-order valence-corrected chi connectivity index (χ4v) is 5.24. The van der Waals surface area contributed by atoms with Gasteiger partial charge < -0.3 is 9.88 Å². The molecule has 1 N–H and O–H groups in total. The predicted molar refractivity (Wildman–Crippen MR) is 109 cm³/mol. The molecule has 0 bridgehead atoms. The molecule has 1 amide bonds. The molecule has 1 aromatic heterocycles. The van der Waals surface area contributed by atoms with E-state index in [2.05, 4.69) is 5.32 Å². The minimum Gasteiger partial charge on any atom is -0.353 e. The second kappa shape index (κ2) is 7.37. The number of rotatable bonds is 5. The van der Waals surface area contributed by atoms with E-state index >= 15 is 0 Å². The Labute approximate surface area is 162 Å². The van der Waals surface area contributed by atoms with Crippen LogP contribution in [0.1, 0.15) is 6.42 Å². The second-order valence-electron chi connectivity index (χ2n) is 6.87. The first-order chi connectivity index (χ1) is 13.5. The lowest BCUT2D eigenvalue weighted by Gasteiger charge is -2.17. The van der Waals surface area contributed by atoms with Gasteiger partial charge in [-0.25, -0.2) is 12.7 Å². The molecule has 0 aliphatic carbocycles. The van der Waals surface area contributed by atoms with Gasteiger partial charge in [-0.3, -0.25) is 9.59 Å². The molecule has 0 unspecified atom stereocenters. The van der Waals surface area contributed by atoms with Gasteiger partial charge in [-0.2, -0.15) is 0 Å². The third-order valence-corrected chi connectivity index (χ3v) is 7.02. The molecule has 28 heavy (non-hydrogen) atoms. The van der Waals surface area contributed by atoms with E-state index in [1.807, 2.05) is 28.8 Å². The molecule has 1 aliphatic rings. The first-order valence-electron chi connectivity index (χ1n) is 9.22. The van der Waals surface area contributed by atoms with Crippen LogP contribution in [0.5, 0.6) is 0 Å². The summed E-state index contributed by atoms with van der Waals surface area (Å²) in [6.07, 6.45) is 0.631. The lowest BCUT2D eigenvalue weighted by atomic mass is 10.1. The molecule has 3 aromatic rings. The number of amides is 1. The molecule has 1 saturated heterocycles. The van der Waals surface area contributed by atoms with E-state index in [9.17, 15) is 18.0 Å². The molecular formula is C20H21N3O4S. The van der Waals surface area contributed by atoms with Gasteiger partial charge in [0.1, 0.15) is 6.54 Å². The van der Waals surface area contributed by atoms with Gasteiger partial charge in [0.05, 0.1) is 16.8 Å². The van der Waals surface area contributed by atoms with Crippen LogP contribution in [0.25, 0.3) is 21.8 Å². The van der Waals surface area contributed by atoms with Crippen LogP contribution >= 0.6 is 0 Å². The van der Waals surface area contributed by atoms with E-state index in [1.165, 1.54) is 4.31 Å². The normalized spacial score (nSPS) is 16.6. The number of pyridine rings is 1. The van der Waals surface area contributed by atoms with E-state index in [4.69, 9.17) is 0 Å². The van der Waals surface area contributed by atoms with Gasteiger partial charge in [0, 0.05) is 30.4 Å². The van der Waals surface area contributed by atoms with E-state index < -0.39 is 10.0 Å². The smallest absolute Gasteiger partial charge is 0.240 e. The molecule has 2 aromatic carbocycles. The summed E-state index contributed by atoms with van der Waals surface area (Å²) in [5.41, 5.74) is 1.34. The lowest BCUT2D eigenvalue weighted by molar-refractivity contribution is -0.121. The number of benzene rings is 2. The molecule has 7 nitrogen and oxygen atoms in total. The predicted octanol–water partition coefficient (Wildman–Crippen LogP) is 1.31. The number of para-hydroxylation sites is 2. The maximum Gasteiger partial charge on any atom is 0.240 e. The molecule has 8 heteroatoms. The van der Waals surface area contributed by atoms with Crippen LogP contribution in [0.2, 0.25) is 0 Å². The average molecular weight is 399 g/mol. The zero-order chi connectivity index (χ0) is 19.7. The fraction of sp³-hybridized carbons (Fsp3) is 0.300. The van der Waals surface area contributed by atoms with Crippen molar-refractivity contribution in [2.24, 2.45) is 0 Å². The molecule has 0 spiro atoms. The number of fused-ring (bicyclic) bond motifs is 2. The highest BCUT2D eigenvalue weighted by Gasteiger charge is 2.27. The molecule has 4 rings (SSSR count). The number of hydrogen-bond acceptors (Lipinski definition) is 4. The zero-order valence-corrected chi connectivity index (χ0v) is 16.1. The van der Waals surface area contributed by atoms with E-state index in [-0.39, 0.29) is 36.7 Å². The van der Waals surface area contributed by atoms with Crippen molar-refractivity contribution in [3.8, 4) is 0 Å². The summed E-state index contributed by atoms with van der Waals surface area (Å²) in [6, 6.07) is 14.5. The summed E-state index contributed by atoms with van der Waals surface area (Å²) in [5, 5.41) is 3.93. The van der Waals surface area contributed by atoms with Crippen LogP contribution < -0.4 is 10.7 Å². The number of hydrogen-bond donors (Lipinski definition) is 1. The molecule has 2 heterocycles. The third-order valence-electron chi connectivity index (χ3n) is 5.07. The fourth-order valence-electron chi connectivity index (χ4n) is 3.71. The molecule has 0 saturated carbocycles. The molecular weight excluding hydrogens is 378 g/mol. The van der Waals surface area contributed by atoms with Gasteiger partial charge in [-0.1, -0.05) is 24.3 Å². The van der Waals surface area contributed by atoms with Gasteiger partial charge >= 0.3 is 0 Å². The molecule has 0 radical (unpaired) electrons. The Hall–Kier alpha value is -2.71. The molecule has 0 atom stereocenters. The lowest BCUT2D eigenvalue weighted by Crippen LogP contribution is -2.37. The largest absolute Gasteiger partial charge is 0.353 e. The van der Waals surface area contributed by atoms with Crippen LogP contribution in [-0.4, -0.2) is 48.6 Å². The maximum absolute atomic E-state index is 12.7. The van der Waals surface area contributed by atoms with Crippen molar-refractivity contribution >= 4 is 37.7 Å².